The molecule has 1 aromatic heterocycles. The number of aliphatic carboxylic acids is 1. The van der Waals surface area contributed by atoms with Gasteiger partial charge in [-0.15, -0.1) is 0 Å². The Morgan fingerprint density at radius 3 is 2.34 bits per heavy atom. The Morgan fingerprint density at radius 2 is 1.63 bits per heavy atom. The van der Waals surface area contributed by atoms with Crippen LogP contribution in [-0.2, 0) is 22.6 Å². The van der Waals surface area contributed by atoms with Crippen molar-refractivity contribution in [1.82, 2.24) is 4.57 Å². The van der Waals surface area contributed by atoms with Crippen molar-refractivity contribution in [3.8, 4) is 0 Å². The van der Waals surface area contributed by atoms with Crippen molar-refractivity contribution in [3.63, 3.8) is 0 Å². The number of para-hydroxylation sites is 1. The van der Waals surface area contributed by atoms with E-state index in [0.717, 1.165) is 16.5 Å². The van der Waals surface area contributed by atoms with E-state index in [1.165, 1.54) is 4.90 Å². The summed E-state index contributed by atoms with van der Waals surface area (Å²) in [7, 11) is 0. The first-order chi connectivity index (χ1) is 18.1. The maximum Gasteiger partial charge on any atom is 0.415 e. The summed E-state index contributed by atoms with van der Waals surface area (Å²) in [6.45, 7) is 6.23. The molecule has 0 spiro atoms. The zero-order valence-corrected chi connectivity index (χ0v) is 21.9. The molecule has 4 rings (SSSR count). The highest BCUT2D eigenvalue weighted by Crippen LogP contribution is 2.27. The lowest BCUT2D eigenvalue weighted by Crippen LogP contribution is -2.36. The second kappa shape index (κ2) is 11.3. The molecule has 0 aliphatic carbocycles. The zero-order chi connectivity index (χ0) is 27.3. The van der Waals surface area contributed by atoms with Crippen LogP contribution in [0.1, 0.15) is 55.1 Å². The van der Waals surface area contributed by atoms with Crippen LogP contribution in [0, 0.1) is 0 Å². The molecule has 0 saturated heterocycles. The minimum Gasteiger partial charge on any atom is -0.481 e. The number of hydrogen-bond acceptors (Lipinski definition) is 4. The number of ketones is 1. The standard InChI is InChI=1S/C31H32N2O5/c1-31(2,3)38-30(37)33(20-22-11-5-4-6-12-22)24-14-9-13-23(19-24)29(36)26-21-32(18-10-17-28(34)35)27-16-8-7-15-25(26)27/h4-9,11-16,19,21H,10,17-18,20H2,1-3H3,(H,34,35). The number of fused-ring (bicyclic) bond motifs is 1. The number of anilines is 1. The van der Waals surface area contributed by atoms with Crippen LogP contribution >= 0.6 is 0 Å². The van der Waals surface area contributed by atoms with E-state index in [2.05, 4.69) is 0 Å². The molecule has 0 bridgehead atoms. The van der Waals surface area contributed by atoms with Crippen molar-refractivity contribution in [2.24, 2.45) is 0 Å². The van der Waals surface area contributed by atoms with Gasteiger partial charge in [-0.25, -0.2) is 4.79 Å². The van der Waals surface area contributed by atoms with Crippen molar-refractivity contribution in [3.05, 3.63) is 102 Å². The second-order valence-corrected chi connectivity index (χ2v) is 10.2. The first-order valence-electron chi connectivity index (χ1n) is 12.6. The number of benzene rings is 3. The fraction of sp³-hybridized carbons (Fsp3) is 0.258. The number of carboxylic acids is 1. The number of carboxylic acid groups (broad SMARTS) is 1. The molecular weight excluding hydrogens is 480 g/mol. The first-order valence-corrected chi connectivity index (χ1v) is 12.6. The number of rotatable bonds is 9. The average molecular weight is 513 g/mol. The molecule has 0 radical (unpaired) electrons. The Morgan fingerprint density at radius 1 is 0.921 bits per heavy atom. The lowest BCUT2D eigenvalue weighted by atomic mass is 10.0. The number of carbonyl (C=O) groups excluding carboxylic acids is 2. The maximum absolute atomic E-state index is 13.7. The van der Waals surface area contributed by atoms with Crippen molar-refractivity contribution in [2.75, 3.05) is 4.90 Å². The molecule has 0 fully saturated rings. The van der Waals surface area contributed by atoms with Gasteiger partial charge in [-0.1, -0.05) is 60.7 Å². The Bertz CT molecular complexity index is 1450. The highest BCUT2D eigenvalue weighted by atomic mass is 16.6. The summed E-state index contributed by atoms with van der Waals surface area (Å²) < 4.78 is 7.61. The van der Waals surface area contributed by atoms with Crippen LogP contribution in [0.15, 0.2) is 85.1 Å². The Balaban J connectivity index is 1.68. The monoisotopic (exact) mass is 512 g/mol. The SMILES string of the molecule is CC(C)(C)OC(=O)N(Cc1ccccc1)c1cccc(C(=O)c2cn(CCCC(=O)O)c3ccccc23)c1. The lowest BCUT2D eigenvalue weighted by molar-refractivity contribution is -0.137. The smallest absolute Gasteiger partial charge is 0.415 e. The summed E-state index contributed by atoms with van der Waals surface area (Å²) in [5.41, 5.74) is 2.65. The van der Waals surface area contributed by atoms with E-state index in [9.17, 15) is 14.4 Å². The van der Waals surface area contributed by atoms with E-state index in [1.807, 2.05) is 79.9 Å². The maximum atomic E-state index is 13.7. The third-order valence-electron chi connectivity index (χ3n) is 6.04. The molecule has 7 heteroatoms. The number of amides is 1. The molecule has 38 heavy (non-hydrogen) atoms. The molecule has 4 aromatic rings. The Hall–Kier alpha value is -4.39. The van der Waals surface area contributed by atoms with E-state index in [-0.39, 0.29) is 18.7 Å². The van der Waals surface area contributed by atoms with Gasteiger partial charge in [0, 0.05) is 46.9 Å². The number of aromatic nitrogens is 1. The van der Waals surface area contributed by atoms with E-state index in [0.29, 0.717) is 29.8 Å². The van der Waals surface area contributed by atoms with Crippen LogP contribution in [0.4, 0.5) is 10.5 Å². The molecule has 196 valence electrons. The van der Waals surface area contributed by atoms with Crippen molar-refractivity contribution in [1.29, 1.82) is 0 Å². The van der Waals surface area contributed by atoms with Crippen molar-refractivity contribution >= 4 is 34.4 Å². The Kier molecular flexibility index (Phi) is 7.96. The summed E-state index contributed by atoms with van der Waals surface area (Å²) in [5, 5.41) is 9.81. The number of ether oxygens (including phenoxy) is 1. The molecule has 7 nitrogen and oxygen atoms in total. The molecule has 0 aliphatic rings. The van der Waals surface area contributed by atoms with E-state index in [4.69, 9.17) is 9.84 Å². The van der Waals surface area contributed by atoms with Gasteiger partial charge in [-0.2, -0.15) is 0 Å². The van der Waals surface area contributed by atoms with Crippen LogP contribution in [-0.4, -0.2) is 33.1 Å². The molecule has 0 saturated carbocycles. The number of aryl methyl sites for hydroxylation is 1. The van der Waals surface area contributed by atoms with Gasteiger partial charge in [0.25, 0.3) is 0 Å². The number of nitrogens with zero attached hydrogens (tertiary/aromatic N) is 2. The second-order valence-electron chi connectivity index (χ2n) is 10.2. The summed E-state index contributed by atoms with van der Waals surface area (Å²) in [4.78, 5) is 39.5. The van der Waals surface area contributed by atoms with Crippen molar-refractivity contribution in [2.45, 2.75) is 52.3 Å². The predicted octanol–water partition coefficient (Wildman–Crippen LogP) is 6.68. The minimum absolute atomic E-state index is 0.0553. The molecule has 1 heterocycles. The number of carbonyl (C=O) groups is 3. The van der Waals surface area contributed by atoms with Gasteiger partial charge >= 0.3 is 12.1 Å². The average Bonchev–Trinajstić information content (AvgIpc) is 3.25. The fourth-order valence-electron chi connectivity index (χ4n) is 4.33. The van der Waals surface area contributed by atoms with E-state index < -0.39 is 17.7 Å². The summed E-state index contributed by atoms with van der Waals surface area (Å²) in [6, 6.07) is 24.2. The van der Waals surface area contributed by atoms with Crippen LogP contribution in [0.3, 0.4) is 0 Å². The van der Waals surface area contributed by atoms with Gasteiger partial charge in [-0.3, -0.25) is 14.5 Å². The fourth-order valence-corrected chi connectivity index (χ4v) is 4.33. The van der Waals surface area contributed by atoms with Gasteiger partial charge in [0.2, 0.25) is 0 Å². The molecule has 3 aromatic carbocycles. The molecule has 1 amide bonds. The van der Waals surface area contributed by atoms with Crippen molar-refractivity contribution < 1.29 is 24.2 Å². The van der Waals surface area contributed by atoms with Gasteiger partial charge in [-0.05, 0) is 51.0 Å². The number of hydrogen-bond donors (Lipinski definition) is 1. The highest BCUT2D eigenvalue weighted by molar-refractivity contribution is 6.17. The predicted molar refractivity (Wildman–Crippen MR) is 148 cm³/mol. The molecule has 1 N–H and O–H groups in total. The topological polar surface area (TPSA) is 88.8 Å². The summed E-state index contributed by atoms with van der Waals surface area (Å²) >= 11 is 0. The molecule has 0 atom stereocenters. The third-order valence-corrected chi connectivity index (χ3v) is 6.04. The molecule has 0 unspecified atom stereocenters. The summed E-state index contributed by atoms with van der Waals surface area (Å²) in [6.07, 6.45) is 1.80. The van der Waals surface area contributed by atoms with Crippen LogP contribution in [0.2, 0.25) is 0 Å². The third kappa shape index (κ3) is 6.48. The van der Waals surface area contributed by atoms with Gasteiger partial charge in [0.1, 0.15) is 5.60 Å². The molecular formula is C31H32N2O5. The van der Waals surface area contributed by atoms with Gasteiger partial charge < -0.3 is 14.4 Å². The normalized spacial score (nSPS) is 11.3. The van der Waals surface area contributed by atoms with Crippen LogP contribution < -0.4 is 4.90 Å². The van der Waals surface area contributed by atoms with E-state index in [1.54, 1.807) is 30.5 Å². The minimum atomic E-state index is -0.848. The highest BCUT2D eigenvalue weighted by Gasteiger charge is 2.25. The summed E-state index contributed by atoms with van der Waals surface area (Å²) in [5.74, 6) is -1.02. The van der Waals surface area contributed by atoms with Crippen LogP contribution in [0.5, 0.6) is 0 Å². The van der Waals surface area contributed by atoms with Crippen LogP contribution in [0.25, 0.3) is 10.9 Å². The largest absolute Gasteiger partial charge is 0.481 e. The first kappa shape index (κ1) is 26.7. The van der Waals surface area contributed by atoms with E-state index >= 15 is 0 Å². The lowest BCUT2D eigenvalue weighted by Gasteiger charge is -2.28. The molecule has 0 aliphatic heterocycles. The van der Waals surface area contributed by atoms with Gasteiger partial charge in [0.05, 0.1) is 6.54 Å². The zero-order valence-electron chi connectivity index (χ0n) is 21.9. The Labute approximate surface area is 222 Å². The quantitative estimate of drug-likeness (QED) is 0.253. The van der Waals surface area contributed by atoms with Gasteiger partial charge in [0.15, 0.2) is 5.78 Å².